The molecule has 0 saturated carbocycles. The van der Waals surface area contributed by atoms with Gasteiger partial charge in [0.05, 0.1) is 12.0 Å². The summed E-state index contributed by atoms with van der Waals surface area (Å²) in [5, 5.41) is 2.43. The predicted octanol–water partition coefficient (Wildman–Crippen LogP) is 4.07. The monoisotopic (exact) mass is 337 g/mol. The number of nitrogens with zero attached hydrogens (tertiary/aromatic N) is 1. The molecule has 0 fully saturated rings. The topological polar surface area (TPSA) is 39.2 Å². The molecule has 84 valence electrons. The Morgan fingerprint density at radius 2 is 2.38 bits per heavy atom. The summed E-state index contributed by atoms with van der Waals surface area (Å²) in [5.41, 5.74) is 0.322. The summed E-state index contributed by atoms with van der Waals surface area (Å²) in [6, 6.07) is 1.88. The number of aromatic nitrogens is 1. The standard InChI is InChI=1S/C9H5BrClNO2S2/c1-14-9(13)5-3-15-8(12-5)6-2-4(10)7(11)16-6/h2-3H,1H3. The smallest absolute Gasteiger partial charge is 0.357 e. The number of halogens is 2. The number of thiophene rings is 1. The minimum atomic E-state index is -0.427. The van der Waals surface area contributed by atoms with Gasteiger partial charge in [-0.05, 0) is 22.0 Å². The maximum absolute atomic E-state index is 11.2. The number of esters is 1. The summed E-state index contributed by atoms with van der Waals surface area (Å²) in [5.74, 6) is -0.427. The number of hydrogen-bond acceptors (Lipinski definition) is 5. The van der Waals surface area contributed by atoms with Crippen LogP contribution in [0.4, 0.5) is 0 Å². The fourth-order valence-electron chi connectivity index (χ4n) is 1.04. The lowest BCUT2D eigenvalue weighted by atomic mass is 10.4. The van der Waals surface area contributed by atoms with Crippen molar-refractivity contribution in [2.45, 2.75) is 0 Å². The molecule has 0 aliphatic rings. The van der Waals surface area contributed by atoms with Gasteiger partial charge >= 0.3 is 5.97 Å². The van der Waals surface area contributed by atoms with Crippen LogP contribution < -0.4 is 0 Å². The van der Waals surface area contributed by atoms with Gasteiger partial charge in [-0.2, -0.15) is 0 Å². The van der Waals surface area contributed by atoms with Gasteiger partial charge < -0.3 is 4.74 Å². The summed E-state index contributed by atoms with van der Waals surface area (Å²) in [4.78, 5) is 16.3. The van der Waals surface area contributed by atoms with E-state index < -0.39 is 5.97 Å². The number of hydrogen-bond donors (Lipinski definition) is 0. The summed E-state index contributed by atoms with van der Waals surface area (Å²) in [6.07, 6.45) is 0. The van der Waals surface area contributed by atoms with Crippen molar-refractivity contribution in [3.05, 3.63) is 25.9 Å². The molecule has 2 aromatic rings. The van der Waals surface area contributed by atoms with Crippen LogP contribution in [0.3, 0.4) is 0 Å². The molecule has 3 nitrogen and oxygen atoms in total. The number of carbonyl (C=O) groups excluding carboxylic acids is 1. The fraction of sp³-hybridized carbons (Fsp3) is 0.111. The lowest BCUT2D eigenvalue weighted by Gasteiger charge is -1.91. The molecule has 2 rings (SSSR count). The minimum absolute atomic E-state index is 0.322. The molecular weight excluding hydrogens is 334 g/mol. The van der Waals surface area contributed by atoms with E-state index in [4.69, 9.17) is 11.6 Å². The highest BCUT2D eigenvalue weighted by molar-refractivity contribution is 9.10. The highest BCUT2D eigenvalue weighted by Gasteiger charge is 2.14. The Kier molecular flexibility index (Phi) is 3.63. The van der Waals surface area contributed by atoms with Crippen LogP contribution in [-0.4, -0.2) is 18.1 Å². The number of rotatable bonds is 2. The molecule has 16 heavy (non-hydrogen) atoms. The van der Waals surface area contributed by atoms with Gasteiger partial charge in [0.15, 0.2) is 5.69 Å². The van der Waals surface area contributed by atoms with E-state index in [1.54, 1.807) is 5.38 Å². The molecule has 0 amide bonds. The van der Waals surface area contributed by atoms with E-state index in [0.29, 0.717) is 10.0 Å². The molecule has 7 heteroatoms. The lowest BCUT2D eigenvalue weighted by molar-refractivity contribution is 0.0595. The zero-order chi connectivity index (χ0) is 11.7. The zero-order valence-corrected chi connectivity index (χ0v) is 12.0. The van der Waals surface area contributed by atoms with E-state index in [9.17, 15) is 4.79 Å². The Hall–Kier alpha value is -0.430. The highest BCUT2D eigenvalue weighted by Crippen LogP contribution is 2.38. The van der Waals surface area contributed by atoms with Crippen LogP contribution in [0, 0.1) is 0 Å². The van der Waals surface area contributed by atoms with Gasteiger partial charge in [0.1, 0.15) is 9.34 Å². The molecule has 0 spiro atoms. The quantitative estimate of drug-likeness (QED) is 0.775. The van der Waals surface area contributed by atoms with Crippen LogP contribution in [-0.2, 0) is 4.74 Å². The normalized spacial score (nSPS) is 10.4. The van der Waals surface area contributed by atoms with E-state index in [1.165, 1.54) is 29.8 Å². The third kappa shape index (κ3) is 2.29. The molecule has 0 unspecified atom stereocenters. The van der Waals surface area contributed by atoms with Crippen LogP contribution in [0.15, 0.2) is 15.9 Å². The summed E-state index contributed by atoms with van der Waals surface area (Å²) < 4.78 is 6.10. The van der Waals surface area contributed by atoms with Gasteiger partial charge in [0.2, 0.25) is 0 Å². The third-order valence-corrected chi connectivity index (χ3v) is 5.24. The average Bonchev–Trinajstić information content (AvgIpc) is 2.86. The fourth-order valence-corrected chi connectivity index (χ4v) is 3.59. The van der Waals surface area contributed by atoms with Crippen LogP contribution in [0.5, 0.6) is 0 Å². The van der Waals surface area contributed by atoms with Gasteiger partial charge in [-0.1, -0.05) is 11.6 Å². The van der Waals surface area contributed by atoms with Crippen LogP contribution in [0.25, 0.3) is 9.88 Å². The second-order valence-corrected chi connectivity index (χ2v) is 6.13. The lowest BCUT2D eigenvalue weighted by Crippen LogP contribution is -2.00. The first-order valence-electron chi connectivity index (χ1n) is 4.11. The zero-order valence-electron chi connectivity index (χ0n) is 7.99. The van der Waals surface area contributed by atoms with E-state index in [0.717, 1.165) is 14.4 Å². The second-order valence-electron chi connectivity index (χ2n) is 2.76. The molecule has 0 bridgehead atoms. The SMILES string of the molecule is COC(=O)c1csc(-c2cc(Br)c(Cl)s2)n1. The van der Waals surface area contributed by atoms with Crippen molar-refractivity contribution in [2.75, 3.05) is 7.11 Å². The van der Waals surface area contributed by atoms with E-state index in [2.05, 4.69) is 25.7 Å². The molecule has 0 aromatic carbocycles. The number of carbonyl (C=O) groups is 1. The van der Waals surface area contributed by atoms with E-state index in [1.807, 2.05) is 6.07 Å². The summed E-state index contributed by atoms with van der Waals surface area (Å²) in [7, 11) is 1.33. The Morgan fingerprint density at radius 3 is 2.94 bits per heavy atom. The molecule has 0 aliphatic carbocycles. The van der Waals surface area contributed by atoms with Crippen molar-refractivity contribution in [1.29, 1.82) is 0 Å². The van der Waals surface area contributed by atoms with Crippen molar-refractivity contribution < 1.29 is 9.53 Å². The highest BCUT2D eigenvalue weighted by atomic mass is 79.9. The first kappa shape index (κ1) is 12.0. The predicted molar refractivity (Wildman–Crippen MR) is 69.5 cm³/mol. The van der Waals surface area contributed by atoms with Gasteiger partial charge in [0, 0.05) is 9.85 Å². The molecule has 0 N–H and O–H groups in total. The molecular formula is C9H5BrClNO2S2. The largest absolute Gasteiger partial charge is 0.464 e. The van der Waals surface area contributed by atoms with Crippen molar-refractivity contribution in [1.82, 2.24) is 4.98 Å². The molecule has 0 aliphatic heterocycles. The first-order valence-corrected chi connectivity index (χ1v) is 6.97. The molecule has 2 heterocycles. The van der Waals surface area contributed by atoms with Crippen molar-refractivity contribution >= 4 is 56.2 Å². The number of methoxy groups -OCH3 is 1. The average molecular weight is 339 g/mol. The second kappa shape index (κ2) is 4.83. The summed E-state index contributed by atoms with van der Waals surface area (Å²) in [6.45, 7) is 0. The van der Waals surface area contributed by atoms with Crippen molar-refractivity contribution in [3.8, 4) is 9.88 Å². The van der Waals surface area contributed by atoms with Gasteiger partial charge in [0.25, 0.3) is 0 Å². The van der Waals surface area contributed by atoms with E-state index >= 15 is 0 Å². The van der Waals surface area contributed by atoms with Crippen molar-refractivity contribution in [2.24, 2.45) is 0 Å². The Labute approximate surface area is 113 Å². The minimum Gasteiger partial charge on any atom is -0.464 e. The summed E-state index contributed by atoms with van der Waals surface area (Å²) >= 11 is 12.1. The van der Waals surface area contributed by atoms with Gasteiger partial charge in [-0.25, -0.2) is 9.78 Å². The Bertz CT molecular complexity index is 518. The Balaban J connectivity index is 2.35. The third-order valence-electron chi connectivity index (χ3n) is 1.75. The Morgan fingerprint density at radius 1 is 1.62 bits per heavy atom. The van der Waals surface area contributed by atoms with Crippen molar-refractivity contribution in [3.63, 3.8) is 0 Å². The maximum Gasteiger partial charge on any atom is 0.357 e. The van der Waals surface area contributed by atoms with Crippen LogP contribution in [0.1, 0.15) is 10.5 Å². The first-order chi connectivity index (χ1) is 7.61. The van der Waals surface area contributed by atoms with Crippen LogP contribution in [0.2, 0.25) is 4.34 Å². The van der Waals surface area contributed by atoms with E-state index in [-0.39, 0.29) is 0 Å². The molecule has 0 atom stereocenters. The van der Waals surface area contributed by atoms with Crippen LogP contribution >= 0.6 is 50.2 Å². The molecule has 0 radical (unpaired) electrons. The molecule has 0 saturated heterocycles. The van der Waals surface area contributed by atoms with Gasteiger partial charge in [-0.15, -0.1) is 22.7 Å². The number of thiazole rings is 1. The number of ether oxygens (including phenoxy) is 1. The maximum atomic E-state index is 11.2. The van der Waals surface area contributed by atoms with Gasteiger partial charge in [-0.3, -0.25) is 0 Å². The molecule has 2 aromatic heterocycles.